The maximum absolute atomic E-state index is 15.1. The van der Waals surface area contributed by atoms with Gasteiger partial charge >= 0.3 is 0 Å². The Morgan fingerprint density at radius 1 is 1.25 bits per heavy atom. The van der Waals surface area contributed by atoms with Gasteiger partial charge in [-0.25, -0.2) is 4.39 Å². The zero-order chi connectivity index (χ0) is 26.9. The van der Waals surface area contributed by atoms with Gasteiger partial charge in [-0.1, -0.05) is 0 Å². The number of nitrogens with zero attached hydrogens (tertiary/aromatic N) is 1. The Morgan fingerprint density at radius 2 is 1.89 bits per heavy atom. The molecule has 0 spiro atoms. The summed E-state index contributed by atoms with van der Waals surface area (Å²) in [5.41, 5.74) is 5.76. The molecule has 0 unspecified atom stereocenters. The number of phenols is 1. The number of hydrogen-bond acceptors (Lipinski definition) is 10. The molecule has 1 aromatic carbocycles. The van der Waals surface area contributed by atoms with E-state index in [1.165, 1.54) is 4.90 Å². The number of hydrogen-bond donors (Lipinski definition) is 7. The third kappa shape index (κ3) is 3.46. The number of aromatic hydroxyl groups is 1. The third-order valence-electron chi connectivity index (χ3n) is 6.93. The van der Waals surface area contributed by atoms with Crippen LogP contribution in [0.5, 0.6) is 5.75 Å². The number of phenolic OH excluding ortho intramolecular Hbond substituents is 1. The molecule has 36 heavy (non-hydrogen) atoms. The Bertz CT molecular complexity index is 1300. The summed E-state index contributed by atoms with van der Waals surface area (Å²) in [6.07, 6.45) is -0.474. The van der Waals surface area contributed by atoms with Crippen molar-refractivity contribution in [3.63, 3.8) is 0 Å². The molecule has 0 bridgehead atoms. The largest absolute Gasteiger partial charge is 0.508 e. The molecular weight excluding hydrogens is 479 g/mol. The molecule has 9 N–H and O–H groups in total. The summed E-state index contributed by atoms with van der Waals surface area (Å²) >= 11 is 0. The van der Waals surface area contributed by atoms with Crippen LogP contribution in [-0.4, -0.2) is 81.0 Å². The number of carbonyl (C=O) groups excluding carboxylic acids is 4. The lowest BCUT2D eigenvalue weighted by molar-refractivity contribution is -0.149. The summed E-state index contributed by atoms with van der Waals surface area (Å²) in [6.45, 7) is -0.0903. The van der Waals surface area contributed by atoms with Gasteiger partial charge in [0, 0.05) is 23.1 Å². The summed E-state index contributed by atoms with van der Waals surface area (Å²) in [4.78, 5) is 51.5. The van der Waals surface area contributed by atoms with E-state index in [1.54, 1.807) is 14.1 Å². The van der Waals surface area contributed by atoms with E-state index in [2.05, 4.69) is 5.32 Å². The van der Waals surface area contributed by atoms with Crippen molar-refractivity contribution in [2.45, 2.75) is 24.5 Å². The summed E-state index contributed by atoms with van der Waals surface area (Å²) in [5, 5.41) is 46.0. The molecule has 1 aromatic rings. The van der Waals surface area contributed by atoms with Gasteiger partial charge in [0.05, 0.1) is 23.8 Å². The number of benzene rings is 1. The Hall–Kier alpha value is -3.81. The van der Waals surface area contributed by atoms with E-state index in [4.69, 9.17) is 11.5 Å². The van der Waals surface area contributed by atoms with E-state index in [9.17, 15) is 39.6 Å². The fourth-order valence-corrected chi connectivity index (χ4v) is 5.31. The fraction of sp³-hybridized carbons (Fsp3) is 0.391. The van der Waals surface area contributed by atoms with Crippen molar-refractivity contribution in [2.75, 3.05) is 26.0 Å². The van der Waals surface area contributed by atoms with Crippen LogP contribution in [0.3, 0.4) is 0 Å². The van der Waals surface area contributed by atoms with Crippen LogP contribution in [-0.2, 0) is 25.6 Å². The minimum absolute atomic E-state index is 0.0903. The fourth-order valence-electron chi connectivity index (χ4n) is 5.31. The van der Waals surface area contributed by atoms with Crippen molar-refractivity contribution in [2.24, 2.45) is 23.3 Å². The highest BCUT2D eigenvalue weighted by Gasteiger charge is 2.63. The molecule has 1 fully saturated rings. The zero-order valence-corrected chi connectivity index (χ0v) is 19.3. The number of nitrogens with two attached hydrogens (primary N) is 2. The minimum Gasteiger partial charge on any atom is -0.508 e. The molecule has 3 aliphatic carbocycles. The second kappa shape index (κ2) is 8.40. The highest BCUT2D eigenvalue weighted by molar-refractivity contribution is 6.24. The van der Waals surface area contributed by atoms with E-state index in [0.717, 1.165) is 6.07 Å². The van der Waals surface area contributed by atoms with Crippen molar-refractivity contribution >= 4 is 34.8 Å². The van der Waals surface area contributed by atoms with Gasteiger partial charge in [-0.15, -0.1) is 0 Å². The van der Waals surface area contributed by atoms with Gasteiger partial charge in [0.25, 0.3) is 5.91 Å². The van der Waals surface area contributed by atoms with Gasteiger partial charge in [-0.2, -0.15) is 0 Å². The lowest BCUT2D eigenvalue weighted by Crippen LogP contribution is -2.65. The number of nitrogens with one attached hydrogen (secondary N) is 1. The van der Waals surface area contributed by atoms with Crippen molar-refractivity contribution < 1.29 is 44.0 Å². The highest BCUT2D eigenvalue weighted by Crippen LogP contribution is 2.52. The first-order chi connectivity index (χ1) is 16.7. The second-order valence-corrected chi connectivity index (χ2v) is 9.47. The van der Waals surface area contributed by atoms with Crippen LogP contribution in [0.1, 0.15) is 17.5 Å². The zero-order valence-electron chi connectivity index (χ0n) is 19.3. The number of primary amides is 1. The molecule has 0 saturated heterocycles. The number of aliphatic hydroxyl groups is 3. The predicted molar refractivity (Wildman–Crippen MR) is 122 cm³/mol. The summed E-state index contributed by atoms with van der Waals surface area (Å²) in [5.74, 6) is -10.4. The normalized spacial score (nSPS) is 27.6. The van der Waals surface area contributed by atoms with E-state index >= 15 is 4.39 Å². The maximum Gasteiger partial charge on any atom is 0.255 e. The summed E-state index contributed by atoms with van der Waals surface area (Å²) < 4.78 is 15.1. The summed E-state index contributed by atoms with van der Waals surface area (Å²) in [6, 6.07) is -0.708. The number of ketones is 2. The topological polar surface area (TPSA) is 217 Å². The van der Waals surface area contributed by atoms with Crippen LogP contribution in [0.25, 0.3) is 5.76 Å². The van der Waals surface area contributed by atoms with Gasteiger partial charge in [0.15, 0.2) is 17.1 Å². The molecule has 0 aromatic heterocycles. The van der Waals surface area contributed by atoms with E-state index in [1.807, 2.05) is 0 Å². The molecule has 3 aliphatic rings. The van der Waals surface area contributed by atoms with Gasteiger partial charge < -0.3 is 42.1 Å². The Labute approximate surface area is 203 Å². The van der Waals surface area contributed by atoms with Crippen molar-refractivity contribution in [1.82, 2.24) is 4.90 Å². The molecule has 0 heterocycles. The first kappa shape index (κ1) is 25.3. The van der Waals surface area contributed by atoms with E-state index in [-0.39, 0.29) is 30.6 Å². The van der Waals surface area contributed by atoms with Gasteiger partial charge in [0.2, 0.25) is 11.7 Å². The predicted octanol–water partition coefficient (Wildman–Crippen LogP) is -1.000. The Balaban J connectivity index is 1.88. The molecule has 1 saturated carbocycles. The number of carbonyl (C=O) groups is 4. The monoisotopic (exact) mass is 504 g/mol. The number of halogens is 1. The molecule has 13 heteroatoms. The molecule has 0 aliphatic heterocycles. The van der Waals surface area contributed by atoms with Crippen molar-refractivity contribution in [1.29, 1.82) is 0 Å². The maximum atomic E-state index is 15.1. The molecule has 4 atom stereocenters. The van der Waals surface area contributed by atoms with Gasteiger partial charge in [-0.05, 0) is 32.9 Å². The quantitative estimate of drug-likeness (QED) is 0.196. The standard InChI is InChI=1S/C23H25FN4O8/c1-28(2)6-12(29)27-11-5-10(24)8-3-7-4-9-16(25)19(32)15(22(26)35)21(34)23(9,36)20(33)13(7)18(31)14(8)17(11)30/h5,7,9,16,30-31,34,36H,3-4,6,25H2,1-2H3,(H2,26,35)(H,27,29)/t7-,9-,16-,23-/m0/s1. The molecule has 192 valence electrons. The molecule has 0 radical (unpaired) electrons. The highest BCUT2D eigenvalue weighted by atomic mass is 19.1. The second-order valence-electron chi connectivity index (χ2n) is 9.47. The number of aliphatic hydroxyl groups excluding tert-OH is 2. The van der Waals surface area contributed by atoms with Crippen LogP contribution >= 0.6 is 0 Å². The number of rotatable bonds is 4. The Morgan fingerprint density at radius 3 is 2.47 bits per heavy atom. The van der Waals surface area contributed by atoms with Crippen molar-refractivity contribution in [3.05, 3.63) is 39.9 Å². The smallest absolute Gasteiger partial charge is 0.255 e. The molecule has 4 rings (SSSR count). The number of likely N-dealkylation sites (N-methyl/N-ethyl adjacent to an activating group) is 1. The number of anilines is 1. The number of amides is 2. The van der Waals surface area contributed by atoms with Crippen LogP contribution in [0.15, 0.2) is 23.0 Å². The first-order valence-electron chi connectivity index (χ1n) is 10.9. The molecule has 12 nitrogen and oxygen atoms in total. The average Bonchev–Trinajstić information content (AvgIpc) is 2.77. The van der Waals surface area contributed by atoms with Gasteiger partial charge in [-0.3, -0.25) is 19.2 Å². The average molecular weight is 504 g/mol. The van der Waals surface area contributed by atoms with E-state index in [0.29, 0.717) is 0 Å². The SMILES string of the molecule is CN(C)CC(=O)Nc1cc(F)c2c(c1O)C(O)=C1C(=O)[C@]3(O)C(O)=C(C(N)=O)C(=O)[C@@H](N)[C@@H]3C[C@@H]1C2. The van der Waals surface area contributed by atoms with Crippen LogP contribution in [0.4, 0.5) is 10.1 Å². The van der Waals surface area contributed by atoms with Crippen LogP contribution in [0.2, 0.25) is 0 Å². The lowest BCUT2D eigenvalue weighted by atomic mass is 9.58. The number of Topliss-reactive ketones (excluding diaryl/α,β-unsaturated/α-hetero) is 2. The lowest BCUT2D eigenvalue weighted by Gasteiger charge is -2.48. The molecular formula is C23H25FN4O8. The number of fused-ring (bicyclic) bond motifs is 3. The Kier molecular flexibility index (Phi) is 5.90. The van der Waals surface area contributed by atoms with Gasteiger partial charge in [0.1, 0.15) is 22.9 Å². The first-order valence-corrected chi connectivity index (χ1v) is 10.9. The summed E-state index contributed by atoms with van der Waals surface area (Å²) in [7, 11) is 3.24. The van der Waals surface area contributed by atoms with E-state index < -0.39 is 86.7 Å². The van der Waals surface area contributed by atoms with Crippen molar-refractivity contribution in [3.8, 4) is 5.75 Å². The third-order valence-corrected chi connectivity index (χ3v) is 6.93. The minimum atomic E-state index is -2.86. The van der Waals surface area contributed by atoms with Crippen LogP contribution in [0, 0.1) is 17.7 Å². The van der Waals surface area contributed by atoms with Crippen LogP contribution < -0.4 is 16.8 Å². The molecule has 2 amide bonds.